The molecule has 2 aromatic carbocycles. The monoisotopic (exact) mass is 367 g/mol. The minimum atomic E-state index is -3.68. The first-order valence-corrected chi connectivity index (χ1v) is 9.75. The Kier molecular flexibility index (Phi) is 5.65. The third-order valence-corrected chi connectivity index (χ3v) is 5.81. The van der Waals surface area contributed by atoms with Gasteiger partial charge in [-0.2, -0.15) is 4.31 Å². The molecule has 0 aliphatic rings. The standard InChI is InChI=1S/C20H21N3O2S/c1-21-20-13-12-19(14-22-20)26(24,25)23(15-17-8-4-2-5-9-17)16-18-10-6-3-7-11-18/h2-14H,15-16H2,1H3,(H,21,22). The van der Waals surface area contributed by atoms with Gasteiger partial charge in [0.05, 0.1) is 0 Å². The second-order valence-corrected chi connectivity index (χ2v) is 7.81. The van der Waals surface area contributed by atoms with E-state index >= 15 is 0 Å². The van der Waals surface area contributed by atoms with Crippen molar-refractivity contribution in [1.82, 2.24) is 9.29 Å². The van der Waals surface area contributed by atoms with Crippen LogP contribution in [0.3, 0.4) is 0 Å². The molecule has 0 amide bonds. The predicted molar refractivity (Wildman–Crippen MR) is 103 cm³/mol. The lowest BCUT2D eigenvalue weighted by Gasteiger charge is -2.22. The van der Waals surface area contributed by atoms with Crippen molar-refractivity contribution in [3.8, 4) is 0 Å². The molecule has 0 fully saturated rings. The number of hydrogen-bond donors (Lipinski definition) is 1. The van der Waals surface area contributed by atoms with Gasteiger partial charge in [0.2, 0.25) is 10.0 Å². The molecular formula is C20H21N3O2S. The van der Waals surface area contributed by atoms with E-state index in [2.05, 4.69) is 10.3 Å². The Labute approximate surface area is 154 Å². The van der Waals surface area contributed by atoms with Crippen LogP contribution in [0.1, 0.15) is 11.1 Å². The second kappa shape index (κ2) is 8.12. The van der Waals surface area contributed by atoms with Crippen LogP contribution in [-0.2, 0) is 23.1 Å². The predicted octanol–water partition coefficient (Wildman–Crippen LogP) is 3.51. The summed E-state index contributed by atoms with van der Waals surface area (Å²) in [6.45, 7) is 0.595. The SMILES string of the molecule is CNc1ccc(S(=O)(=O)N(Cc2ccccc2)Cc2ccccc2)cn1. The Hall–Kier alpha value is -2.70. The van der Waals surface area contributed by atoms with Gasteiger partial charge in [0.1, 0.15) is 10.7 Å². The van der Waals surface area contributed by atoms with Crippen LogP contribution in [-0.4, -0.2) is 24.8 Å². The molecule has 0 unspecified atom stereocenters. The Morgan fingerprint density at radius 1 is 0.846 bits per heavy atom. The summed E-state index contributed by atoms with van der Waals surface area (Å²) in [5, 5.41) is 2.89. The molecule has 3 rings (SSSR count). The van der Waals surface area contributed by atoms with E-state index in [0.29, 0.717) is 18.9 Å². The molecule has 0 bridgehead atoms. The fourth-order valence-electron chi connectivity index (χ4n) is 2.63. The van der Waals surface area contributed by atoms with Crippen LogP contribution in [0.15, 0.2) is 83.9 Å². The van der Waals surface area contributed by atoms with Gasteiger partial charge < -0.3 is 5.32 Å². The van der Waals surface area contributed by atoms with Gasteiger partial charge >= 0.3 is 0 Å². The van der Waals surface area contributed by atoms with Gasteiger partial charge in [-0.15, -0.1) is 0 Å². The number of nitrogens with zero attached hydrogens (tertiary/aromatic N) is 2. The van der Waals surface area contributed by atoms with Crippen LogP contribution in [0, 0.1) is 0 Å². The average Bonchev–Trinajstić information content (AvgIpc) is 2.69. The molecule has 3 aromatic rings. The van der Waals surface area contributed by atoms with Crippen molar-refractivity contribution >= 4 is 15.8 Å². The number of aromatic nitrogens is 1. The summed E-state index contributed by atoms with van der Waals surface area (Å²) in [6.07, 6.45) is 1.39. The second-order valence-electron chi connectivity index (χ2n) is 5.87. The van der Waals surface area contributed by atoms with Gasteiger partial charge in [0, 0.05) is 26.3 Å². The van der Waals surface area contributed by atoms with Crippen molar-refractivity contribution in [1.29, 1.82) is 0 Å². The smallest absolute Gasteiger partial charge is 0.245 e. The van der Waals surface area contributed by atoms with E-state index < -0.39 is 10.0 Å². The van der Waals surface area contributed by atoms with Crippen molar-refractivity contribution in [2.75, 3.05) is 12.4 Å². The Morgan fingerprint density at radius 3 is 1.81 bits per heavy atom. The van der Waals surface area contributed by atoms with E-state index in [1.54, 1.807) is 19.2 Å². The largest absolute Gasteiger partial charge is 0.373 e. The van der Waals surface area contributed by atoms with E-state index in [-0.39, 0.29) is 4.90 Å². The summed E-state index contributed by atoms with van der Waals surface area (Å²) in [6, 6.07) is 22.4. The minimum absolute atomic E-state index is 0.184. The topological polar surface area (TPSA) is 62.3 Å². The lowest BCUT2D eigenvalue weighted by atomic mass is 10.2. The molecule has 1 heterocycles. The summed E-state index contributed by atoms with van der Waals surface area (Å²) in [5.74, 6) is 0.626. The average molecular weight is 367 g/mol. The maximum absolute atomic E-state index is 13.2. The van der Waals surface area contributed by atoms with Crippen LogP contribution < -0.4 is 5.32 Å². The zero-order chi connectivity index (χ0) is 18.4. The van der Waals surface area contributed by atoms with Gasteiger partial charge in [-0.05, 0) is 23.3 Å². The fourth-order valence-corrected chi connectivity index (χ4v) is 3.99. The van der Waals surface area contributed by atoms with Gasteiger partial charge in [0.15, 0.2) is 0 Å². The van der Waals surface area contributed by atoms with Crippen LogP contribution in [0.5, 0.6) is 0 Å². The van der Waals surface area contributed by atoms with Crippen molar-refractivity contribution in [2.24, 2.45) is 0 Å². The number of rotatable bonds is 7. The maximum Gasteiger partial charge on any atom is 0.245 e. The van der Waals surface area contributed by atoms with Gasteiger partial charge in [-0.3, -0.25) is 0 Å². The fraction of sp³-hybridized carbons (Fsp3) is 0.150. The summed E-state index contributed by atoms with van der Waals surface area (Å²) in [5.41, 5.74) is 1.87. The normalized spacial score (nSPS) is 11.5. The lowest BCUT2D eigenvalue weighted by molar-refractivity contribution is 0.401. The van der Waals surface area contributed by atoms with E-state index in [4.69, 9.17) is 0 Å². The van der Waals surface area contributed by atoms with Crippen molar-refractivity contribution in [3.05, 3.63) is 90.1 Å². The third kappa shape index (κ3) is 4.28. The highest BCUT2D eigenvalue weighted by molar-refractivity contribution is 7.89. The van der Waals surface area contributed by atoms with Crippen LogP contribution in [0.4, 0.5) is 5.82 Å². The maximum atomic E-state index is 13.2. The number of sulfonamides is 1. The molecular weight excluding hydrogens is 346 g/mol. The Morgan fingerprint density at radius 2 is 1.38 bits per heavy atom. The van der Waals surface area contributed by atoms with Gasteiger partial charge in [-0.25, -0.2) is 13.4 Å². The third-order valence-electron chi connectivity index (χ3n) is 4.03. The zero-order valence-electron chi connectivity index (χ0n) is 14.5. The van der Waals surface area contributed by atoms with E-state index in [1.165, 1.54) is 10.5 Å². The van der Waals surface area contributed by atoms with Gasteiger partial charge in [0.25, 0.3) is 0 Å². The quantitative estimate of drug-likeness (QED) is 0.694. The first-order chi connectivity index (χ1) is 12.6. The number of anilines is 1. The van der Waals surface area contributed by atoms with E-state index in [9.17, 15) is 8.42 Å². The molecule has 1 aromatic heterocycles. The number of nitrogens with one attached hydrogen (secondary N) is 1. The molecule has 0 aliphatic heterocycles. The molecule has 0 radical (unpaired) electrons. The van der Waals surface area contributed by atoms with Crippen molar-refractivity contribution < 1.29 is 8.42 Å². The zero-order valence-corrected chi connectivity index (χ0v) is 15.4. The van der Waals surface area contributed by atoms with E-state index in [1.807, 2.05) is 60.7 Å². The molecule has 134 valence electrons. The lowest BCUT2D eigenvalue weighted by Crippen LogP contribution is -2.30. The molecule has 1 N–H and O–H groups in total. The Bertz CT molecular complexity index is 886. The molecule has 0 saturated carbocycles. The molecule has 26 heavy (non-hydrogen) atoms. The molecule has 0 spiro atoms. The molecule has 0 aliphatic carbocycles. The highest BCUT2D eigenvalue weighted by Crippen LogP contribution is 2.21. The van der Waals surface area contributed by atoms with Crippen molar-refractivity contribution in [2.45, 2.75) is 18.0 Å². The summed E-state index contributed by atoms with van der Waals surface area (Å²) < 4.78 is 27.9. The summed E-state index contributed by atoms with van der Waals surface area (Å²) in [7, 11) is -1.94. The first kappa shape index (κ1) is 18.1. The molecule has 5 nitrogen and oxygen atoms in total. The number of pyridine rings is 1. The summed E-state index contributed by atoms with van der Waals surface area (Å²) >= 11 is 0. The number of benzene rings is 2. The minimum Gasteiger partial charge on any atom is -0.373 e. The van der Waals surface area contributed by atoms with Crippen LogP contribution >= 0.6 is 0 Å². The van der Waals surface area contributed by atoms with Gasteiger partial charge in [-0.1, -0.05) is 60.7 Å². The molecule has 0 atom stereocenters. The highest BCUT2D eigenvalue weighted by Gasteiger charge is 2.25. The number of hydrogen-bond acceptors (Lipinski definition) is 4. The van der Waals surface area contributed by atoms with E-state index in [0.717, 1.165) is 11.1 Å². The Balaban J connectivity index is 1.94. The first-order valence-electron chi connectivity index (χ1n) is 8.31. The molecule has 0 saturated heterocycles. The van der Waals surface area contributed by atoms with Crippen LogP contribution in [0.2, 0.25) is 0 Å². The highest BCUT2D eigenvalue weighted by atomic mass is 32.2. The molecule has 6 heteroatoms. The van der Waals surface area contributed by atoms with Crippen LogP contribution in [0.25, 0.3) is 0 Å². The summed E-state index contributed by atoms with van der Waals surface area (Å²) in [4.78, 5) is 4.33. The van der Waals surface area contributed by atoms with Crippen molar-refractivity contribution in [3.63, 3.8) is 0 Å².